The van der Waals surface area contributed by atoms with Crippen molar-refractivity contribution in [3.8, 4) is 11.5 Å². The second kappa shape index (κ2) is 4.19. The molecule has 2 aliphatic rings. The molecule has 0 bridgehead atoms. The highest BCUT2D eigenvalue weighted by molar-refractivity contribution is 5.80. The fourth-order valence-electron chi connectivity index (χ4n) is 2.75. The monoisotopic (exact) mass is 248 g/mol. The largest absolute Gasteiger partial charge is 0.496 e. The SMILES string of the molecule is COc1ccc(C2CCC2)c2c1C(C(=O)O)CO2. The van der Waals surface area contributed by atoms with Crippen molar-refractivity contribution < 1.29 is 19.4 Å². The number of rotatable bonds is 3. The Morgan fingerprint density at radius 2 is 2.22 bits per heavy atom. The van der Waals surface area contributed by atoms with Gasteiger partial charge in [-0.05, 0) is 30.4 Å². The van der Waals surface area contributed by atoms with Gasteiger partial charge in [-0.25, -0.2) is 0 Å². The standard InChI is InChI=1S/C14H16O4/c1-17-11-6-5-9(8-3-2-4-8)13-12(11)10(7-18-13)14(15)16/h5-6,8,10H,2-4,7H2,1H3,(H,15,16). The van der Waals surface area contributed by atoms with E-state index in [1.807, 2.05) is 12.1 Å². The van der Waals surface area contributed by atoms with Gasteiger partial charge in [0.2, 0.25) is 0 Å². The Morgan fingerprint density at radius 3 is 2.78 bits per heavy atom. The molecule has 1 saturated carbocycles. The number of fused-ring (bicyclic) bond motifs is 1. The van der Waals surface area contributed by atoms with Crippen molar-refractivity contribution in [2.24, 2.45) is 0 Å². The first kappa shape index (κ1) is 11.4. The maximum absolute atomic E-state index is 11.3. The fraction of sp³-hybridized carbons (Fsp3) is 0.500. The lowest BCUT2D eigenvalue weighted by Gasteiger charge is -2.27. The van der Waals surface area contributed by atoms with Crippen molar-refractivity contribution in [2.45, 2.75) is 31.1 Å². The second-order valence-corrected chi connectivity index (χ2v) is 4.93. The van der Waals surface area contributed by atoms with Crippen LogP contribution in [0.5, 0.6) is 11.5 Å². The molecule has 1 N–H and O–H groups in total. The zero-order chi connectivity index (χ0) is 12.7. The third kappa shape index (κ3) is 1.55. The number of ether oxygens (including phenoxy) is 2. The van der Waals surface area contributed by atoms with Crippen molar-refractivity contribution in [1.29, 1.82) is 0 Å². The van der Waals surface area contributed by atoms with Gasteiger partial charge in [0.05, 0.1) is 12.7 Å². The first-order valence-corrected chi connectivity index (χ1v) is 6.28. The van der Waals surface area contributed by atoms with Crippen molar-refractivity contribution >= 4 is 5.97 Å². The Balaban J connectivity index is 2.09. The Labute approximate surface area is 106 Å². The molecule has 4 nitrogen and oxygen atoms in total. The number of carboxylic acid groups (broad SMARTS) is 1. The van der Waals surface area contributed by atoms with Crippen LogP contribution in [0, 0.1) is 0 Å². The molecule has 0 amide bonds. The lowest BCUT2D eigenvalue weighted by atomic mass is 9.78. The predicted molar refractivity (Wildman–Crippen MR) is 65.5 cm³/mol. The Kier molecular flexibility index (Phi) is 2.65. The maximum Gasteiger partial charge on any atom is 0.314 e. The molecule has 1 aliphatic heterocycles. The van der Waals surface area contributed by atoms with Crippen LogP contribution >= 0.6 is 0 Å². The van der Waals surface area contributed by atoms with Crippen LogP contribution in [0.2, 0.25) is 0 Å². The van der Waals surface area contributed by atoms with E-state index in [-0.39, 0.29) is 6.61 Å². The molecule has 0 aromatic heterocycles. The van der Waals surface area contributed by atoms with Gasteiger partial charge >= 0.3 is 5.97 Å². The molecule has 1 atom stereocenters. The van der Waals surface area contributed by atoms with E-state index in [0.717, 1.165) is 16.9 Å². The number of hydrogen-bond acceptors (Lipinski definition) is 3. The van der Waals surface area contributed by atoms with Crippen LogP contribution in [-0.4, -0.2) is 24.8 Å². The number of methoxy groups -OCH3 is 1. The molecule has 3 rings (SSSR count). The minimum absolute atomic E-state index is 0.213. The van der Waals surface area contributed by atoms with E-state index in [1.54, 1.807) is 7.11 Å². The number of benzene rings is 1. The molecule has 0 saturated heterocycles. The van der Waals surface area contributed by atoms with Gasteiger partial charge < -0.3 is 14.6 Å². The van der Waals surface area contributed by atoms with Crippen molar-refractivity contribution in [3.63, 3.8) is 0 Å². The molecular weight excluding hydrogens is 232 g/mol. The molecule has 1 heterocycles. The van der Waals surface area contributed by atoms with Gasteiger partial charge in [-0.2, -0.15) is 0 Å². The van der Waals surface area contributed by atoms with Gasteiger partial charge in [0.15, 0.2) is 0 Å². The van der Waals surface area contributed by atoms with Gasteiger partial charge in [0.1, 0.15) is 24.0 Å². The zero-order valence-electron chi connectivity index (χ0n) is 10.3. The number of carboxylic acids is 1. The highest BCUT2D eigenvalue weighted by Crippen LogP contribution is 2.49. The van der Waals surface area contributed by atoms with Crippen molar-refractivity contribution in [2.75, 3.05) is 13.7 Å². The van der Waals surface area contributed by atoms with E-state index >= 15 is 0 Å². The molecule has 96 valence electrons. The summed E-state index contributed by atoms with van der Waals surface area (Å²) in [5.41, 5.74) is 1.87. The highest BCUT2D eigenvalue weighted by Gasteiger charge is 2.37. The Morgan fingerprint density at radius 1 is 1.44 bits per heavy atom. The summed E-state index contributed by atoms with van der Waals surface area (Å²) < 4.78 is 10.9. The highest BCUT2D eigenvalue weighted by atomic mass is 16.5. The average Bonchev–Trinajstić information content (AvgIpc) is 2.72. The van der Waals surface area contributed by atoms with Gasteiger partial charge in [-0.1, -0.05) is 12.5 Å². The Hall–Kier alpha value is -1.71. The molecule has 4 heteroatoms. The summed E-state index contributed by atoms with van der Waals surface area (Å²) in [6.45, 7) is 0.213. The lowest BCUT2D eigenvalue weighted by Crippen LogP contribution is -2.13. The second-order valence-electron chi connectivity index (χ2n) is 4.93. The lowest BCUT2D eigenvalue weighted by molar-refractivity contribution is -0.139. The average molecular weight is 248 g/mol. The minimum atomic E-state index is -0.849. The van der Waals surface area contributed by atoms with Crippen LogP contribution in [0.15, 0.2) is 12.1 Å². The molecule has 1 aliphatic carbocycles. The summed E-state index contributed by atoms with van der Waals surface area (Å²) in [7, 11) is 1.57. The molecule has 1 aromatic rings. The topological polar surface area (TPSA) is 55.8 Å². The first-order chi connectivity index (χ1) is 8.72. The van der Waals surface area contributed by atoms with Gasteiger partial charge in [0.25, 0.3) is 0 Å². The smallest absolute Gasteiger partial charge is 0.314 e. The molecular formula is C14H16O4. The van der Waals surface area contributed by atoms with E-state index < -0.39 is 11.9 Å². The summed E-state index contributed by atoms with van der Waals surface area (Å²) in [5, 5.41) is 9.25. The molecule has 18 heavy (non-hydrogen) atoms. The molecule has 1 unspecified atom stereocenters. The van der Waals surface area contributed by atoms with E-state index in [1.165, 1.54) is 19.3 Å². The summed E-state index contributed by atoms with van der Waals surface area (Å²) in [4.78, 5) is 11.3. The van der Waals surface area contributed by atoms with Crippen LogP contribution in [0.3, 0.4) is 0 Å². The summed E-state index contributed by atoms with van der Waals surface area (Å²) in [6, 6.07) is 3.89. The van der Waals surface area contributed by atoms with E-state index in [2.05, 4.69) is 0 Å². The van der Waals surface area contributed by atoms with Crippen LogP contribution < -0.4 is 9.47 Å². The van der Waals surface area contributed by atoms with Crippen LogP contribution in [0.1, 0.15) is 42.2 Å². The maximum atomic E-state index is 11.3. The van der Waals surface area contributed by atoms with Gasteiger partial charge in [0, 0.05) is 0 Å². The van der Waals surface area contributed by atoms with Gasteiger partial charge in [-0.3, -0.25) is 4.79 Å². The predicted octanol–water partition coefficient (Wildman–Crippen LogP) is 2.52. The van der Waals surface area contributed by atoms with Crippen LogP contribution in [0.4, 0.5) is 0 Å². The van der Waals surface area contributed by atoms with E-state index in [4.69, 9.17) is 9.47 Å². The molecule has 1 fully saturated rings. The summed E-state index contributed by atoms with van der Waals surface area (Å²) in [5.74, 6) is 0.453. The van der Waals surface area contributed by atoms with Crippen LogP contribution in [0.25, 0.3) is 0 Å². The van der Waals surface area contributed by atoms with E-state index in [0.29, 0.717) is 11.7 Å². The first-order valence-electron chi connectivity index (χ1n) is 6.28. The van der Waals surface area contributed by atoms with Crippen molar-refractivity contribution in [3.05, 3.63) is 23.3 Å². The summed E-state index contributed by atoms with van der Waals surface area (Å²) >= 11 is 0. The van der Waals surface area contributed by atoms with E-state index in [9.17, 15) is 9.90 Å². The normalized spacial score (nSPS) is 21.9. The number of carbonyl (C=O) groups is 1. The summed E-state index contributed by atoms with van der Waals surface area (Å²) in [6.07, 6.45) is 3.58. The van der Waals surface area contributed by atoms with Gasteiger partial charge in [-0.15, -0.1) is 0 Å². The molecule has 1 aromatic carbocycles. The van der Waals surface area contributed by atoms with Crippen LogP contribution in [-0.2, 0) is 4.79 Å². The molecule has 0 radical (unpaired) electrons. The van der Waals surface area contributed by atoms with Crippen molar-refractivity contribution in [1.82, 2.24) is 0 Å². The zero-order valence-corrected chi connectivity index (χ0v) is 10.3. The fourth-order valence-corrected chi connectivity index (χ4v) is 2.75. The quantitative estimate of drug-likeness (QED) is 0.893. The number of aliphatic carboxylic acids is 1. The molecule has 0 spiro atoms. The number of hydrogen-bond donors (Lipinski definition) is 1. The third-order valence-corrected chi connectivity index (χ3v) is 3.99. The third-order valence-electron chi connectivity index (χ3n) is 3.99. The Bertz CT molecular complexity index is 491. The minimum Gasteiger partial charge on any atom is -0.496 e.